The zero-order chi connectivity index (χ0) is 15.1. The summed E-state index contributed by atoms with van der Waals surface area (Å²) < 4.78 is 5.63. The van der Waals surface area contributed by atoms with E-state index in [1.165, 1.54) is 4.90 Å². The number of carbonyl (C=O) groups is 2. The molecule has 3 rings (SSSR count). The molecule has 1 fully saturated rings. The number of aryl methyl sites for hydroxylation is 2. The number of carbonyl (C=O) groups excluding carboxylic acids is 1. The van der Waals surface area contributed by atoms with Crippen molar-refractivity contribution in [3.05, 3.63) is 28.8 Å². The van der Waals surface area contributed by atoms with E-state index in [9.17, 15) is 14.7 Å². The molecule has 5 heteroatoms. The molecule has 0 radical (unpaired) electrons. The molecule has 1 aromatic rings. The van der Waals surface area contributed by atoms with Gasteiger partial charge in [0.1, 0.15) is 24.3 Å². The molecule has 5 nitrogen and oxygen atoms in total. The van der Waals surface area contributed by atoms with Crippen molar-refractivity contribution in [1.29, 1.82) is 0 Å². The number of carboxylic acid groups (broad SMARTS) is 1. The van der Waals surface area contributed by atoms with E-state index in [0.717, 1.165) is 28.9 Å². The molecule has 1 amide bonds. The molecule has 0 aliphatic carbocycles. The molecule has 2 aliphatic rings. The highest BCUT2D eigenvalue weighted by Crippen LogP contribution is 2.38. The number of benzene rings is 1. The lowest BCUT2D eigenvalue weighted by Crippen LogP contribution is -2.43. The fourth-order valence-corrected chi connectivity index (χ4v) is 3.16. The van der Waals surface area contributed by atoms with Gasteiger partial charge < -0.3 is 14.7 Å². The van der Waals surface area contributed by atoms with Crippen LogP contribution < -0.4 is 4.74 Å². The minimum atomic E-state index is -0.917. The molecule has 2 atom stereocenters. The monoisotopic (exact) mass is 289 g/mol. The van der Waals surface area contributed by atoms with Crippen molar-refractivity contribution in [2.45, 2.75) is 38.6 Å². The summed E-state index contributed by atoms with van der Waals surface area (Å²) in [6, 6.07) is 3.26. The summed E-state index contributed by atoms with van der Waals surface area (Å²) in [6.45, 7) is 4.84. The maximum absolute atomic E-state index is 12.7. The number of carboxylic acids is 1. The largest absolute Gasteiger partial charge is 0.492 e. The Morgan fingerprint density at radius 2 is 2.00 bits per heavy atom. The molecule has 0 bridgehead atoms. The van der Waals surface area contributed by atoms with Crippen LogP contribution in [0, 0.1) is 13.8 Å². The number of likely N-dealkylation sites (tertiary alicyclic amines) is 1. The number of ether oxygens (including phenoxy) is 1. The quantitative estimate of drug-likeness (QED) is 0.902. The Bertz CT molecular complexity index is 611. The van der Waals surface area contributed by atoms with Gasteiger partial charge in [0.25, 0.3) is 0 Å². The molecule has 112 valence electrons. The number of aliphatic carboxylic acids is 1. The maximum Gasteiger partial charge on any atom is 0.326 e. The molecule has 0 aromatic heterocycles. The van der Waals surface area contributed by atoms with Crippen molar-refractivity contribution in [3.63, 3.8) is 0 Å². The van der Waals surface area contributed by atoms with E-state index >= 15 is 0 Å². The Morgan fingerprint density at radius 1 is 1.29 bits per heavy atom. The van der Waals surface area contributed by atoms with Crippen LogP contribution in [0.4, 0.5) is 0 Å². The number of rotatable bonds is 2. The van der Waals surface area contributed by atoms with Crippen LogP contribution in [0.5, 0.6) is 5.75 Å². The fourth-order valence-electron chi connectivity index (χ4n) is 3.16. The Balaban J connectivity index is 1.88. The van der Waals surface area contributed by atoms with Crippen LogP contribution in [0.15, 0.2) is 12.1 Å². The molecule has 21 heavy (non-hydrogen) atoms. The molecule has 0 spiro atoms. The summed E-state index contributed by atoms with van der Waals surface area (Å²) in [7, 11) is 0. The minimum Gasteiger partial charge on any atom is -0.492 e. The number of hydrogen-bond acceptors (Lipinski definition) is 3. The fraction of sp³-hybridized carbons (Fsp3) is 0.500. The third kappa shape index (κ3) is 2.26. The summed E-state index contributed by atoms with van der Waals surface area (Å²) in [5, 5.41) is 9.23. The van der Waals surface area contributed by atoms with E-state index in [-0.39, 0.29) is 11.8 Å². The molecular weight excluding hydrogens is 270 g/mol. The van der Waals surface area contributed by atoms with Crippen molar-refractivity contribution in [2.75, 3.05) is 13.2 Å². The zero-order valence-electron chi connectivity index (χ0n) is 12.3. The molecule has 2 heterocycles. The molecule has 2 aliphatic heterocycles. The summed E-state index contributed by atoms with van der Waals surface area (Å²) in [6.07, 6.45) is 1.28. The van der Waals surface area contributed by atoms with Gasteiger partial charge in [0.05, 0.1) is 0 Å². The van der Waals surface area contributed by atoms with Gasteiger partial charge in [0.15, 0.2) is 0 Å². The van der Waals surface area contributed by atoms with Crippen LogP contribution in [-0.2, 0) is 9.59 Å². The van der Waals surface area contributed by atoms with Crippen LogP contribution in [0.3, 0.4) is 0 Å². The van der Waals surface area contributed by atoms with Gasteiger partial charge in [-0.15, -0.1) is 0 Å². The van der Waals surface area contributed by atoms with Crippen molar-refractivity contribution in [3.8, 4) is 5.75 Å². The second-order valence-corrected chi connectivity index (χ2v) is 5.87. The van der Waals surface area contributed by atoms with Crippen LogP contribution >= 0.6 is 0 Å². The zero-order valence-corrected chi connectivity index (χ0v) is 12.3. The lowest BCUT2D eigenvalue weighted by molar-refractivity contribution is -0.148. The van der Waals surface area contributed by atoms with Gasteiger partial charge >= 0.3 is 5.97 Å². The number of amides is 1. The lowest BCUT2D eigenvalue weighted by Gasteiger charge is -2.24. The van der Waals surface area contributed by atoms with E-state index in [1.807, 2.05) is 26.0 Å². The highest BCUT2D eigenvalue weighted by Gasteiger charge is 2.40. The smallest absolute Gasteiger partial charge is 0.326 e. The second kappa shape index (κ2) is 5.06. The average molecular weight is 289 g/mol. The number of hydrogen-bond donors (Lipinski definition) is 1. The Labute approximate surface area is 123 Å². The van der Waals surface area contributed by atoms with E-state index in [1.54, 1.807) is 0 Å². The molecule has 0 saturated carbocycles. The topological polar surface area (TPSA) is 66.8 Å². The first-order valence-electron chi connectivity index (χ1n) is 7.26. The van der Waals surface area contributed by atoms with Crippen LogP contribution in [0.25, 0.3) is 0 Å². The van der Waals surface area contributed by atoms with Gasteiger partial charge in [-0.2, -0.15) is 0 Å². The molecule has 1 unspecified atom stereocenters. The van der Waals surface area contributed by atoms with Gasteiger partial charge in [-0.25, -0.2) is 4.79 Å². The average Bonchev–Trinajstić information content (AvgIpc) is 3.05. The summed E-state index contributed by atoms with van der Waals surface area (Å²) in [4.78, 5) is 25.5. The van der Waals surface area contributed by atoms with Crippen molar-refractivity contribution >= 4 is 11.9 Å². The van der Waals surface area contributed by atoms with Gasteiger partial charge in [0, 0.05) is 12.1 Å². The van der Waals surface area contributed by atoms with E-state index < -0.39 is 12.0 Å². The molecule has 1 N–H and O–H groups in total. The summed E-state index contributed by atoms with van der Waals surface area (Å²) in [5.41, 5.74) is 3.14. The first-order valence-corrected chi connectivity index (χ1v) is 7.26. The van der Waals surface area contributed by atoms with E-state index in [0.29, 0.717) is 19.6 Å². The Hall–Kier alpha value is -2.04. The molecule has 1 saturated heterocycles. The van der Waals surface area contributed by atoms with Crippen LogP contribution in [-0.4, -0.2) is 41.1 Å². The van der Waals surface area contributed by atoms with E-state index in [4.69, 9.17) is 4.74 Å². The molecular formula is C16H19NO4. The highest BCUT2D eigenvalue weighted by atomic mass is 16.5. The standard InChI is InChI=1S/C16H19NO4/c1-9-6-11-12(8-21-14(11)7-10(9)2)15(18)17-5-3-4-13(17)16(19)20/h6-7,12-13H,3-5,8H2,1-2H3,(H,19,20)/t12?,13-/m0/s1. The van der Waals surface area contributed by atoms with Crippen molar-refractivity contribution < 1.29 is 19.4 Å². The van der Waals surface area contributed by atoms with Crippen molar-refractivity contribution in [1.82, 2.24) is 4.90 Å². The SMILES string of the molecule is Cc1cc2c(cc1C)C(C(=O)N1CCC[C@H]1C(=O)O)CO2. The van der Waals surface area contributed by atoms with Gasteiger partial charge in [0.2, 0.25) is 5.91 Å². The Morgan fingerprint density at radius 3 is 2.71 bits per heavy atom. The third-order valence-corrected chi connectivity index (χ3v) is 4.53. The number of nitrogens with zero attached hydrogens (tertiary/aromatic N) is 1. The van der Waals surface area contributed by atoms with Crippen molar-refractivity contribution in [2.24, 2.45) is 0 Å². The normalized spacial score (nSPS) is 23.8. The summed E-state index contributed by atoms with van der Waals surface area (Å²) >= 11 is 0. The first-order chi connectivity index (χ1) is 9.99. The van der Waals surface area contributed by atoms with Gasteiger partial charge in [-0.05, 0) is 43.9 Å². The minimum absolute atomic E-state index is 0.123. The van der Waals surface area contributed by atoms with E-state index in [2.05, 4.69) is 0 Å². The maximum atomic E-state index is 12.7. The molecule has 1 aromatic carbocycles. The first kappa shape index (κ1) is 13.9. The van der Waals surface area contributed by atoms with Crippen LogP contribution in [0.2, 0.25) is 0 Å². The van der Waals surface area contributed by atoms with Crippen LogP contribution in [0.1, 0.15) is 35.4 Å². The highest BCUT2D eigenvalue weighted by molar-refractivity contribution is 5.90. The lowest BCUT2D eigenvalue weighted by atomic mass is 9.95. The van der Waals surface area contributed by atoms with Gasteiger partial charge in [-0.3, -0.25) is 4.79 Å². The second-order valence-electron chi connectivity index (χ2n) is 5.87. The van der Waals surface area contributed by atoms with Gasteiger partial charge in [-0.1, -0.05) is 6.07 Å². The predicted molar refractivity (Wildman–Crippen MR) is 76.5 cm³/mol. The summed E-state index contributed by atoms with van der Waals surface area (Å²) in [5.74, 6) is -0.663. The number of fused-ring (bicyclic) bond motifs is 1. The Kier molecular flexibility index (Phi) is 3.35. The predicted octanol–water partition coefficient (Wildman–Crippen LogP) is 1.86. The third-order valence-electron chi connectivity index (χ3n) is 4.53.